The molecule has 2 N–H and O–H groups in total. The summed E-state index contributed by atoms with van der Waals surface area (Å²) >= 11 is 0. The zero-order valence-corrected chi connectivity index (χ0v) is 13.9. The molecule has 1 amide bonds. The Labute approximate surface area is 145 Å². The number of carboxylic acids is 1. The minimum absolute atomic E-state index is 0.124. The fourth-order valence-corrected chi connectivity index (χ4v) is 2.32. The Morgan fingerprint density at radius 1 is 1.16 bits per heavy atom. The molecule has 0 aromatic heterocycles. The van der Waals surface area contributed by atoms with Crippen LogP contribution in [0.15, 0.2) is 48.5 Å². The Hall–Kier alpha value is -2.89. The van der Waals surface area contributed by atoms with Crippen LogP contribution in [0.25, 0.3) is 0 Å². The molecule has 1 atom stereocenters. The zero-order chi connectivity index (χ0) is 18.2. The third-order valence-electron chi connectivity index (χ3n) is 3.56. The van der Waals surface area contributed by atoms with Crippen LogP contribution in [0, 0.1) is 5.82 Å². The molecule has 0 bridgehead atoms. The number of hydrogen-bond acceptors (Lipinski definition) is 3. The maximum atomic E-state index is 13.7. The number of carboxylic acid groups (broad SMARTS) is 1. The van der Waals surface area contributed by atoms with Gasteiger partial charge >= 0.3 is 5.97 Å². The molecule has 2 aromatic rings. The Bertz CT molecular complexity index is 730. The van der Waals surface area contributed by atoms with Crippen molar-refractivity contribution in [3.8, 4) is 5.75 Å². The van der Waals surface area contributed by atoms with E-state index in [1.165, 1.54) is 18.2 Å². The van der Waals surface area contributed by atoms with E-state index in [0.29, 0.717) is 17.9 Å². The van der Waals surface area contributed by atoms with Crippen molar-refractivity contribution in [2.45, 2.75) is 25.8 Å². The summed E-state index contributed by atoms with van der Waals surface area (Å²) in [6.07, 6.45) is 0.567. The first-order valence-electron chi connectivity index (χ1n) is 8.01. The highest BCUT2D eigenvalue weighted by Gasteiger charge is 2.20. The van der Waals surface area contributed by atoms with E-state index in [1.54, 1.807) is 30.3 Å². The van der Waals surface area contributed by atoms with Crippen LogP contribution in [-0.2, 0) is 4.79 Å². The number of carbonyl (C=O) groups excluding carboxylic acids is 1. The van der Waals surface area contributed by atoms with Crippen LogP contribution < -0.4 is 10.1 Å². The lowest BCUT2D eigenvalue weighted by atomic mass is 10.0. The molecule has 5 nitrogen and oxygen atoms in total. The van der Waals surface area contributed by atoms with Crippen LogP contribution in [-0.4, -0.2) is 23.6 Å². The van der Waals surface area contributed by atoms with Crippen LogP contribution >= 0.6 is 0 Å². The Morgan fingerprint density at radius 2 is 1.84 bits per heavy atom. The summed E-state index contributed by atoms with van der Waals surface area (Å²) < 4.78 is 19.2. The van der Waals surface area contributed by atoms with Gasteiger partial charge in [0.25, 0.3) is 5.91 Å². The minimum Gasteiger partial charge on any atom is -0.494 e. The van der Waals surface area contributed by atoms with Crippen molar-refractivity contribution in [2.75, 3.05) is 6.61 Å². The van der Waals surface area contributed by atoms with Crippen LogP contribution in [0.5, 0.6) is 5.75 Å². The number of carbonyl (C=O) groups is 2. The Morgan fingerprint density at radius 3 is 2.44 bits per heavy atom. The van der Waals surface area contributed by atoms with Crippen molar-refractivity contribution >= 4 is 11.9 Å². The highest BCUT2D eigenvalue weighted by molar-refractivity contribution is 5.94. The number of halogens is 1. The van der Waals surface area contributed by atoms with Gasteiger partial charge in [-0.3, -0.25) is 9.59 Å². The van der Waals surface area contributed by atoms with Gasteiger partial charge in [-0.05, 0) is 36.2 Å². The molecule has 0 aliphatic rings. The smallest absolute Gasteiger partial charge is 0.305 e. The molecule has 2 rings (SSSR count). The predicted molar refractivity (Wildman–Crippen MR) is 91.1 cm³/mol. The highest BCUT2D eigenvalue weighted by Crippen LogP contribution is 2.21. The van der Waals surface area contributed by atoms with E-state index in [-0.39, 0.29) is 12.0 Å². The van der Waals surface area contributed by atoms with E-state index in [1.807, 2.05) is 6.92 Å². The Kier molecular flexibility index (Phi) is 6.51. The summed E-state index contributed by atoms with van der Waals surface area (Å²) in [5.41, 5.74) is 0.483. The largest absolute Gasteiger partial charge is 0.494 e. The lowest BCUT2D eigenvalue weighted by Crippen LogP contribution is -2.30. The lowest BCUT2D eigenvalue weighted by Gasteiger charge is -2.18. The molecule has 0 fully saturated rings. The van der Waals surface area contributed by atoms with Crippen LogP contribution in [0.3, 0.4) is 0 Å². The van der Waals surface area contributed by atoms with Gasteiger partial charge in [0, 0.05) is 0 Å². The molecule has 0 spiro atoms. The summed E-state index contributed by atoms with van der Waals surface area (Å²) in [5, 5.41) is 11.7. The maximum absolute atomic E-state index is 13.7. The molecular formula is C19H20FNO4. The molecule has 0 saturated heterocycles. The van der Waals surface area contributed by atoms with Crippen LogP contribution in [0.1, 0.15) is 41.7 Å². The van der Waals surface area contributed by atoms with Crippen molar-refractivity contribution in [3.05, 3.63) is 65.5 Å². The number of benzene rings is 2. The molecule has 132 valence electrons. The number of rotatable bonds is 8. The molecule has 0 unspecified atom stereocenters. The number of aliphatic carboxylic acids is 1. The molecule has 0 aliphatic heterocycles. The minimum atomic E-state index is -1.06. The molecule has 25 heavy (non-hydrogen) atoms. The fourth-order valence-electron chi connectivity index (χ4n) is 2.32. The van der Waals surface area contributed by atoms with E-state index in [2.05, 4.69) is 5.32 Å². The molecule has 0 heterocycles. The lowest BCUT2D eigenvalue weighted by molar-refractivity contribution is -0.137. The first-order valence-corrected chi connectivity index (χ1v) is 8.01. The van der Waals surface area contributed by atoms with Crippen molar-refractivity contribution in [1.82, 2.24) is 5.32 Å². The highest BCUT2D eigenvalue weighted by atomic mass is 19.1. The maximum Gasteiger partial charge on any atom is 0.305 e. The van der Waals surface area contributed by atoms with Gasteiger partial charge in [-0.1, -0.05) is 31.2 Å². The predicted octanol–water partition coefficient (Wildman–Crippen LogP) is 3.56. The normalized spacial score (nSPS) is 11.6. The molecule has 0 aliphatic carbocycles. The number of ether oxygens (including phenoxy) is 1. The summed E-state index contributed by atoms with van der Waals surface area (Å²) in [6, 6.07) is 11.6. The van der Waals surface area contributed by atoms with E-state index >= 15 is 0 Å². The van der Waals surface area contributed by atoms with Gasteiger partial charge in [0.05, 0.1) is 24.6 Å². The van der Waals surface area contributed by atoms with E-state index in [4.69, 9.17) is 9.84 Å². The fraction of sp³-hybridized carbons (Fsp3) is 0.263. The number of amides is 1. The van der Waals surface area contributed by atoms with Gasteiger partial charge in [-0.2, -0.15) is 0 Å². The van der Waals surface area contributed by atoms with Gasteiger partial charge in [-0.25, -0.2) is 4.39 Å². The van der Waals surface area contributed by atoms with Crippen LogP contribution in [0.4, 0.5) is 4.39 Å². The van der Waals surface area contributed by atoms with Gasteiger partial charge in [0.1, 0.15) is 11.6 Å². The van der Waals surface area contributed by atoms with Gasteiger partial charge < -0.3 is 15.2 Å². The summed E-state index contributed by atoms with van der Waals surface area (Å²) in [7, 11) is 0. The van der Waals surface area contributed by atoms with Crippen molar-refractivity contribution in [2.24, 2.45) is 0 Å². The third kappa shape index (κ3) is 5.31. The SMILES string of the molecule is CCCOc1ccc([C@H](CC(=O)O)NC(=O)c2ccccc2F)cc1. The zero-order valence-electron chi connectivity index (χ0n) is 13.9. The molecular weight excluding hydrogens is 325 g/mol. The van der Waals surface area contributed by atoms with Crippen molar-refractivity contribution in [1.29, 1.82) is 0 Å². The molecule has 0 radical (unpaired) electrons. The summed E-state index contributed by atoms with van der Waals surface area (Å²) in [5.74, 6) is -1.71. The molecule has 2 aromatic carbocycles. The van der Waals surface area contributed by atoms with E-state index in [9.17, 15) is 14.0 Å². The van der Waals surface area contributed by atoms with Gasteiger partial charge in [0.2, 0.25) is 0 Å². The summed E-state index contributed by atoms with van der Waals surface area (Å²) in [4.78, 5) is 23.4. The quantitative estimate of drug-likeness (QED) is 0.767. The molecule has 6 heteroatoms. The van der Waals surface area contributed by atoms with Gasteiger partial charge in [0.15, 0.2) is 0 Å². The third-order valence-corrected chi connectivity index (χ3v) is 3.56. The second-order valence-electron chi connectivity index (χ2n) is 5.52. The van der Waals surface area contributed by atoms with Crippen LogP contribution in [0.2, 0.25) is 0 Å². The standard InChI is InChI=1S/C19H20FNO4/c1-2-11-25-14-9-7-13(8-10-14)17(12-18(22)23)21-19(24)15-5-3-4-6-16(15)20/h3-10,17H,2,11-12H2,1H3,(H,21,24)(H,22,23)/t17-/m0/s1. The Balaban J connectivity index is 2.17. The molecule has 0 saturated carbocycles. The topological polar surface area (TPSA) is 75.6 Å². The van der Waals surface area contributed by atoms with Crippen molar-refractivity contribution < 1.29 is 23.8 Å². The number of hydrogen-bond donors (Lipinski definition) is 2. The number of nitrogens with one attached hydrogen (secondary N) is 1. The van der Waals surface area contributed by atoms with E-state index < -0.39 is 23.7 Å². The van der Waals surface area contributed by atoms with E-state index in [0.717, 1.165) is 6.42 Å². The average Bonchev–Trinajstić information content (AvgIpc) is 2.59. The average molecular weight is 345 g/mol. The van der Waals surface area contributed by atoms with Gasteiger partial charge in [-0.15, -0.1) is 0 Å². The second kappa shape index (κ2) is 8.82. The first kappa shape index (κ1) is 18.4. The van der Waals surface area contributed by atoms with Crippen molar-refractivity contribution in [3.63, 3.8) is 0 Å². The second-order valence-corrected chi connectivity index (χ2v) is 5.52. The first-order chi connectivity index (χ1) is 12.0. The summed E-state index contributed by atoms with van der Waals surface area (Å²) in [6.45, 7) is 2.58. The monoisotopic (exact) mass is 345 g/mol.